The van der Waals surface area contributed by atoms with E-state index in [9.17, 15) is 13.2 Å². The molecule has 4 rings (SSSR count). The van der Waals surface area contributed by atoms with Crippen molar-refractivity contribution in [3.63, 3.8) is 0 Å². The van der Waals surface area contributed by atoms with E-state index in [1.807, 2.05) is 36.4 Å². The lowest BCUT2D eigenvalue weighted by Gasteiger charge is -2.35. The molecule has 9 nitrogen and oxygen atoms in total. The lowest BCUT2D eigenvalue weighted by molar-refractivity contribution is 0.0981. The lowest BCUT2D eigenvalue weighted by atomic mass is 9.87. The third kappa shape index (κ3) is 6.70. The van der Waals surface area contributed by atoms with Gasteiger partial charge in [-0.25, -0.2) is 14.7 Å². The second-order valence-electron chi connectivity index (χ2n) is 12.2. The van der Waals surface area contributed by atoms with Crippen LogP contribution in [0.15, 0.2) is 53.6 Å². The summed E-state index contributed by atoms with van der Waals surface area (Å²) in [5.74, 6) is 0.832. The Morgan fingerprint density at radius 1 is 1.12 bits per heavy atom. The van der Waals surface area contributed by atoms with Gasteiger partial charge in [0.1, 0.15) is 17.4 Å². The molecule has 1 atom stereocenters. The maximum Gasteiger partial charge on any atom is 0.281 e. The average Bonchev–Trinajstić information content (AvgIpc) is 3.17. The van der Waals surface area contributed by atoms with Gasteiger partial charge in [-0.3, -0.25) is 4.79 Å². The van der Waals surface area contributed by atoms with Gasteiger partial charge in [0.05, 0.1) is 18.4 Å². The van der Waals surface area contributed by atoms with Gasteiger partial charge in [0.2, 0.25) is 0 Å². The van der Waals surface area contributed by atoms with E-state index in [0.29, 0.717) is 23.8 Å². The van der Waals surface area contributed by atoms with Crippen LogP contribution in [0.25, 0.3) is 12.2 Å². The van der Waals surface area contributed by atoms with Crippen LogP contribution in [0.2, 0.25) is 0 Å². The van der Waals surface area contributed by atoms with Gasteiger partial charge in [-0.05, 0) is 67.6 Å². The Bertz CT molecular complexity index is 1570. The largest absolute Gasteiger partial charge is 0.497 e. The number of nitrogens with zero attached hydrogens (tertiary/aromatic N) is 3. The van der Waals surface area contributed by atoms with E-state index in [1.54, 1.807) is 13.2 Å². The molecule has 1 fully saturated rings. The number of nitrogen functional groups attached to an aromatic ring is 1. The fourth-order valence-corrected chi connectivity index (χ4v) is 6.23. The number of pyridine rings is 2. The molecule has 0 spiro atoms. The molecule has 0 bridgehead atoms. The molecule has 10 heteroatoms. The molecule has 1 amide bonds. The molecule has 3 aromatic rings. The summed E-state index contributed by atoms with van der Waals surface area (Å²) in [6.45, 7) is 13.3. The lowest BCUT2D eigenvalue weighted by Crippen LogP contribution is -2.41. The van der Waals surface area contributed by atoms with Gasteiger partial charge >= 0.3 is 0 Å². The molecule has 1 saturated heterocycles. The number of sulfonamides is 1. The van der Waals surface area contributed by atoms with Crippen molar-refractivity contribution < 1.29 is 17.9 Å². The Morgan fingerprint density at radius 2 is 1.80 bits per heavy atom. The third-order valence-corrected chi connectivity index (χ3v) is 8.37. The molecular weight excluding hydrogens is 538 g/mol. The normalized spacial score (nSPS) is 17.1. The number of nitrogens with two attached hydrogens (primary N) is 1. The van der Waals surface area contributed by atoms with Crippen molar-refractivity contribution in [1.82, 2.24) is 14.7 Å². The van der Waals surface area contributed by atoms with Crippen molar-refractivity contribution in [3.8, 4) is 5.75 Å². The van der Waals surface area contributed by atoms with Gasteiger partial charge < -0.3 is 15.4 Å². The van der Waals surface area contributed by atoms with E-state index in [2.05, 4.69) is 56.1 Å². The summed E-state index contributed by atoms with van der Waals surface area (Å²) >= 11 is 0. The second kappa shape index (κ2) is 11.2. The molecule has 1 aromatic carbocycles. The van der Waals surface area contributed by atoms with Crippen molar-refractivity contribution in [2.24, 2.45) is 5.92 Å². The van der Waals surface area contributed by atoms with Gasteiger partial charge in [0, 0.05) is 17.5 Å². The fourth-order valence-electron chi connectivity index (χ4n) is 5.29. The first-order valence-electron chi connectivity index (χ1n) is 13.6. The number of benzene rings is 1. The zero-order chi connectivity index (χ0) is 30.2. The Morgan fingerprint density at radius 3 is 2.37 bits per heavy atom. The molecular formula is C31H39N5O4S. The Balaban J connectivity index is 1.86. The summed E-state index contributed by atoms with van der Waals surface area (Å²) in [7, 11) is -2.67. The number of amides is 1. The molecule has 3 N–H and O–H groups in total. The number of carbonyl (C=O) groups excluding carboxylic acids is 1. The number of aromatic nitrogens is 2. The van der Waals surface area contributed by atoms with Crippen LogP contribution in [0.3, 0.4) is 0 Å². The van der Waals surface area contributed by atoms with E-state index in [-0.39, 0.29) is 27.4 Å². The average molecular weight is 578 g/mol. The van der Waals surface area contributed by atoms with E-state index in [0.717, 1.165) is 23.4 Å². The van der Waals surface area contributed by atoms with Gasteiger partial charge in [0.25, 0.3) is 15.9 Å². The topological polar surface area (TPSA) is 128 Å². The van der Waals surface area contributed by atoms with E-state index in [1.165, 1.54) is 18.2 Å². The smallest absolute Gasteiger partial charge is 0.281 e. The number of hydrogen-bond acceptors (Lipinski definition) is 8. The number of ether oxygens (including phenoxy) is 1. The minimum absolute atomic E-state index is 0.0379. The monoisotopic (exact) mass is 577 g/mol. The Hall–Kier alpha value is -3.92. The molecule has 0 saturated carbocycles. The summed E-state index contributed by atoms with van der Waals surface area (Å²) in [4.78, 5) is 24.9. The molecule has 3 heterocycles. The molecule has 1 aliphatic rings. The highest BCUT2D eigenvalue weighted by Gasteiger charge is 2.40. The van der Waals surface area contributed by atoms with Crippen molar-refractivity contribution in [2.75, 3.05) is 24.3 Å². The third-order valence-electron chi connectivity index (χ3n) is 7.13. The molecule has 1 aliphatic heterocycles. The predicted octanol–water partition coefficient (Wildman–Crippen LogP) is 5.28. The Kier molecular flexibility index (Phi) is 8.18. The van der Waals surface area contributed by atoms with E-state index in [4.69, 9.17) is 15.5 Å². The second-order valence-corrected chi connectivity index (χ2v) is 13.9. The molecule has 0 radical (unpaired) electrons. The van der Waals surface area contributed by atoms with Crippen LogP contribution < -0.4 is 20.1 Å². The molecule has 0 unspecified atom stereocenters. The van der Waals surface area contributed by atoms with Crippen LogP contribution in [0.4, 0.5) is 11.6 Å². The summed E-state index contributed by atoms with van der Waals surface area (Å²) in [5, 5.41) is -0.332. The maximum atomic E-state index is 13.8. The Labute approximate surface area is 242 Å². The van der Waals surface area contributed by atoms with Crippen LogP contribution in [0.1, 0.15) is 75.1 Å². The summed E-state index contributed by atoms with van der Waals surface area (Å²) in [5.41, 5.74) is 7.67. The number of hydrogen-bond donors (Lipinski definition) is 2. The van der Waals surface area contributed by atoms with Crippen LogP contribution in [0.5, 0.6) is 5.75 Å². The number of nitrogens with one attached hydrogen (secondary N) is 1. The zero-order valence-corrected chi connectivity index (χ0v) is 25.5. The highest BCUT2D eigenvalue weighted by Crippen LogP contribution is 2.39. The van der Waals surface area contributed by atoms with Gasteiger partial charge in [-0.15, -0.1) is 0 Å². The first-order valence-corrected chi connectivity index (χ1v) is 15.0. The standard InChI is InChI=1S/C31H39N5O4S/c1-20-18-31(5,6)36(19-20)28-24(29(37)35-41(38,39)26-10-8-9-25(32)33-26)17-22(27(34-28)30(2,3)4)14-11-21-12-15-23(40-7)16-13-21/h8-17,20H,18-19H2,1-7H3,(H2,32,33)(H,35,37)/t20-/m0/s1. The quantitative estimate of drug-likeness (QED) is 0.388. The first-order chi connectivity index (χ1) is 19.1. The summed E-state index contributed by atoms with van der Waals surface area (Å²) < 4.78 is 33.8. The fraction of sp³-hybridized carbons (Fsp3) is 0.387. The summed E-state index contributed by atoms with van der Waals surface area (Å²) in [6.07, 6.45) is 4.75. The van der Waals surface area contributed by atoms with Crippen LogP contribution in [-0.4, -0.2) is 43.5 Å². The van der Waals surface area contributed by atoms with Crippen LogP contribution in [-0.2, 0) is 15.4 Å². The SMILES string of the molecule is COc1ccc(C=Cc2cc(C(=O)NS(=O)(=O)c3cccc(N)n3)c(N3C[C@@H](C)CC3(C)C)nc2C(C)(C)C)cc1. The minimum Gasteiger partial charge on any atom is -0.497 e. The van der Waals surface area contributed by atoms with Crippen molar-refractivity contribution in [3.05, 3.63) is 70.9 Å². The van der Waals surface area contributed by atoms with Crippen LogP contribution >= 0.6 is 0 Å². The highest BCUT2D eigenvalue weighted by molar-refractivity contribution is 7.90. The molecule has 0 aliphatic carbocycles. The van der Waals surface area contributed by atoms with Gasteiger partial charge in [-0.2, -0.15) is 8.42 Å². The van der Waals surface area contributed by atoms with Gasteiger partial charge in [-0.1, -0.05) is 58.0 Å². The number of carbonyl (C=O) groups is 1. The summed E-state index contributed by atoms with van der Waals surface area (Å²) in [6, 6.07) is 13.6. The van der Waals surface area contributed by atoms with E-state index < -0.39 is 15.9 Å². The van der Waals surface area contributed by atoms with Crippen molar-refractivity contribution in [2.45, 2.75) is 63.9 Å². The molecule has 2 aromatic heterocycles. The molecule has 218 valence electrons. The van der Waals surface area contributed by atoms with Crippen LogP contribution in [0, 0.1) is 5.92 Å². The highest BCUT2D eigenvalue weighted by atomic mass is 32.2. The minimum atomic E-state index is -4.29. The first kappa shape index (κ1) is 30.0. The van der Waals surface area contributed by atoms with Crippen molar-refractivity contribution >= 4 is 39.7 Å². The van der Waals surface area contributed by atoms with Gasteiger partial charge in [0.15, 0.2) is 5.03 Å². The van der Waals surface area contributed by atoms with E-state index >= 15 is 0 Å². The number of rotatable bonds is 7. The number of methoxy groups -OCH3 is 1. The molecule has 41 heavy (non-hydrogen) atoms. The predicted molar refractivity (Wildman–Crippen MR) is 163 cm³/mol. The maximum absolute atomic E-state index is 13.8. The van der Waals surface area contributed by atoms with Crippen molar-refractivity contribution in [1.29, 1.82) is 0 Å². The zero-order valence-electron chi connectivity index (χ0n) is 24.7. The number of anilines is 2.